The fraction of sp³-hybridized carbons (Fsp3) is 1.00. The number of likely N-dealkylation sites (N-methyl/N-ethyl adjacent to an activating group) is 1. The molecule has 1 N–H and O–H groups in total. The summed E-state index contributed by atoms with van der Waals surface area (Å²) in [6, 6.07) is 0. The standard InChI is InChI=1S/C10H21NO2/c1-9(12)7-11(2)8-10-5-3-4-6-13-10/h9-10,12H,3-8H2,1-2H3/t9-,10?/m0/s1. The highest BCUT2D eigenvalue weighted by molar-refractivity contribution is 4.68. The van der Waals surface area contributed by atoms with Gasteiger partial charge in [0.25, 0.3) is 0 Å². The van der Waals surface area contributed by atoms with E-state index in [0.29, 0.717) is 6.10 Å². The third kappa shape index (κ3) is 4.60. The molecule has 0 spiro atoms. The van der Waals surface area contributed by atoms with Crippen LogP contribution in [0.1, 0.15) is 26.2 Å². The van der Waals surface area contributed by atoms with Crippen LogP contribution in [0.5, 0.6) is 0 Å². The van der Waals surface area contributed by atoms with Gasteiger partial charge in [-0.05, 0) is 33.2 Å². The molecule has 0 amide bonds. The minimum absolute atomic E-state index is 0.242. The van der Waals surface area contributed by atoms with Gasteiger partial charge < -0.3 is 14.7 Å². The lowest BCUT2D eigenvalue weighted by molar-refractivity contribution is -0.00677. The van der Waals surface area contributed by atoms with Crippen LogP contribution < -0.4 is 0 Å². The van der Waals surface area contributed by atoms with Crippen LogP contribution >= 0.6 is 0 Å². The van der Waals surface area contributed by atoms with Gasteiger partial charge in [0, 0.05) is 19.7 Å². The molecule has 2 atom stereocenters. The van der Waals surface area contributed by atoms with E-state index in [1.165, 1.54) is 19.3 Å². The van der Waals surface area contributed by atoms with Gasteiger partial charge in [-0.15, -0.1) is 0 Å². The zero-order chi connectivity index (χ0) is 9.68. The molecule has 1 aliphatic rings. The number of aliphatic hydroxyl groups excluding tert-OH is 1. The van der Waals surface area contributed by atoms with Crippen LogP contribution in [0.25, 0.3) is 0 Å². The van der Waals surface area contributed by atoms with Gasteiger partial charge in [-0.3, -0.25) is 0 Å². The average Bonchev–Trinajstić information content (AvgIpc) is 2.04. The molecule has 1 aliphatic heterocycles. The van der Waals surface area contributed by atoms with Crippen LogP contribution in [0, 0.1) is 0 Å². The van der Waals surface area contributed by atoms with E-state index in [2.05, 4.69) is 4.90 Å². The number of ether oxygens (including phenoxy) is 1. The van der Waals surface area contributed by atoms with Crippen LogP contribution in [0.15, 0.2) is 0 Å². The second-order valence-electron chi connectivity index (χ2n) is 4.06. The summed E-state index contributed by atoms with van der Waals surface area (Å²) in [4.78, 5) is 2.14. The van der Waals surface area contributed by atoms with E-state index in [4.69, 9.17) is 9.84 Å². The van der Waals surface area contributed by atoms with E-state index < -0.39 is 0 Å². The lowest BCUT2D eigenvalue weighted by Crippen LogP contribution is -2.36. The molecule has 0 saturated carbocycles. The summed E-state index contributed by atoms with van der Waals surface area (Å²) < 4.78 is 5.61. The molecule has 1 heterocycles. The molecule has 0 bridgehead atoms. The predicted molar refractivity (Wildman–Crippen MR) is 52.8 cm³/mol. The van der Waals surface area contributed by atoms with Crippen molar-refractivity contribution in [3.05, 3.63) is 0 Å². The third-order valence-corrected chi connectivity index (χ3v) is 2.37. The molecule has 0 aromatic rings. The van der Waals surface area contributed by atoms with E-state index in [9.17, 15) is 0 Å². The highest BCUT2D eigenvalue weighted by Gasteiger charge is 2.16. The first-order chi connectivity index (χ1) is 6.18. The Balaban J connectivity index is 2.14. The molecule has 1 rings (SSSR count). The van der Waals surface area contributed by atoms with Crippen LogP contribution in [-0.4, -0.2) is 49.0 Å². The quantitative estimate of drug-likeness (QED) is 0.709. The Hall–Kier alpha value is -0.120. The van der Waals surface area contributed by atoms with Gasteiger partial charge in [-0.1, -0.05) is 0 Å². The summed E-state index contributed by atoms with van der Waals surface area (Å²) in [7, 11) is 2.03. The lowest BCUT2D eigenvalue weighted by Gasteiger charge is -2.27. The fourth-order valence-electron chi connectivity index (χ4n) is 1.82. The summed E-state index contributed by atoms with van der Waals surface area (Å²) in [5.41, 5.74) is 0. The van der Waals surface area contributed by atoms with Crippen molar-refractivity contribution in [1.82, 2.24) is 4.90 Å². The van der Waals surface area contributed by atoms with E-state index in [-0.39, 0.29) is 6.10 Å². The van der Waals surface area contributed by atoms with Crippen LogP contribution in [0.3, 0.4) is 0 Å². The molecule has 0 aromatic heterocycles. The summed E-state index contributed by atoms with van der Waals surface area (Å²) in [6.07, 6.45) is 3.81. The van der Waals surface area contributed by atoms with Gasteiger partial charge in [-0.25, -0.2) is 0 Å². The van der Waals surface area contributed by atoms with Crippen molar-refractivity contribution in [3.63, 3.8) is 0 Å². The first-order valence-electron chi connectivity index (χ1n) is 5.16. The molecule has 78 valence electrons. The first-order valence-corrected chi connectivity index (χ1v) is 5.16. The Morgan fingerprint density at radius 3 is 2.85 bits per heavy atom. The maximum atomic E-state index is 9.17. The number of rotatable bonds is 4. The molecule has 0 radical (unpaired) electrons. The second-order valence-corrected chi connectivity index (χ2v) is 4.06. The molecule has 1 saturated heterocycles. The molecule has 1 fully saturated rings. The summed E-state index contributed by atoms with van der Waals surface area (Å²) in [5, 5.41) is 9.17. The lowest BCUT2D eigenvalue weighted by atomic mass is 10.1. The molecule has 1 unspecified atom stereocenters. The van der Waals surface area contributed by atoms with Crippen molar-refractivity contribution in [3.8, 4) is 0 Å². The minimum Gasteiger partial charge on any atom is -0.392 e. The van der Waals surface area contributed by atoms with Crippen molar-refractivity contribution in [2.75, 3.05) is 26.7 Å². The van der Waals surface area contributed by atoms with Gasteiger partial charge in [-0.2, -0.15) is 0 Å². The van der Waals surface area contributed by atoms with E-state index in [1.807, 2.05) is 14.0 Å². The zero-order valence-corrected chi connectivity index (χ0v) is 8.70. The van der Waals surface area contributed by atoms with Gasteiger partial charge in [0.1, 0.15) is 0 Å². The van der Waals surface area contributed by atoms with Crippen molar-refractivity contribution >= 4 is 0 Å². The molecule has 13 heavy (non-hydrogen) atoms. The maximum absolute atomic E-state index is 9.17. The van der Waals surface area contributed by atoms with Gasteiger partial charge >= 0.3 is 0 Å². The van der Waals surface area contributed by atoms with Crippen LogP contribution in [-0.2, 0) is 4.74 Å². The first kappa shape index (κ1) is 11.0. The Morgan fingerprint density at radius 1 is 1.54 bits per heavy atom. The Bertz CT molecular complexity index is 133. The maximum Gasteiger partial charge on any atom is 0.0701 e. The minimum atomic E-state index is -0.242. The SMILES string of the molecule is C[C@H](O)CN(C)CC1CCCCO1. The van der Waals surface area contributed by atoms with Gasteiger partial charge in [0.05, 0.1) is 12.2 Å². The molecule has 0 aliphatic carbocycles. The smallest absolute Gasteiger partial charge is 0.0701 e. The van der Waals surface area contributed by atoms with E-state index in [0.717, 1.165) is 19.7 Å². The Kier molecular flexibility index (Phi) is 4.70. The molecule has 0 aromatic carbocycles. The zero-order valence-electron chi connectivity index (χ0n) is 8.70. The summed E-state index contributed by atoms with van der Waals surface area (Å²) >= 11 is 0. The number of hydrogen-bond acceptors (Lipinski definition) is 3. The molecular weight excluding hydrogens is 166 g/mol. The molecular formula is C10H21NO2. The highest BCUT2D eigenvalue weighted by atomic mass is 16.5. The number of aliphatic hydroxyl groups is 1. The number of nitrogens with zero attached hydrogens (tertiary/aromatic N) is 1. The molecule has 3 nitrogen and oxygen atoms in total. The topological polar surface area (TPSA) is 32.7 Å². The second kappa shape index (κ2) is 5.58. The number of hydrogen-bond donors (Lipinski definition) is 1. The van der Waals surface area contributed by atoms with Crippen LogP contribution in [0.2, 0.25) is 0 Å². The molecule has 3 heteroatoms. The Morgan fingerprint density at radius 2 is 2.31 bits per heavy atom. The largest absolute Gasteiger partial charge is 0.392 e. The predicted octanol–water partition coefficient (Wildman–Crippen LogP) is 0.868. The van der Waals surface area contributed by atoms with E-state index >= 15 is 0 Å². The highest BCUT2D eigenvalue weighted by Crippen LogP contribution is 2.13. The normalized spacial score (nSPS) is 26.3. The fourth-order valence-corrected chi connectivity index (χ4v) is 1.82. The monoisotopic (exact) mass is 187 g/mol. The van der Waals surface area contributed by atoms with Crippen molar-refractivity contribution in [1.29, 1.82) is 0 Å². The summed E-state index contributed by atoms with van der Waals surface area (Å²) in [5.74, 6) is 0. The van der Waals surface area contributed by atoms with Gasteiger partial charge in [0.15, 0.2) is 0 Å². The average molecular weight is 187 g/mol. The van der Waals surface area contributed by atoms with Gasteiger partial charge in [0.2, 0.25) is 0 Å². The Labute approximate surface area is 80.7 Å². The summed E-state index contributed by atoms with van der Waals surface area (Å²) in [6.45, 7) is 4.41. The van der Waals surface area contributed by atoms with E-state index in [1.54, 1.807) is 0 Å². The van der Waals surface area contributed by atoms with Crippen molar-refractivity contribution in [2.45, 2.75) is 38.4 Å². The van der Waals surface area contributed by atoms with Crippen LogP contribution in [0.4, 0.5) is 0 Å². The van der Waals surface area contributed by atoms with Crippen molar-refractivity contribution < 1.29 is 9.84 Å². The van der Waals surface area contributed by atoms with Crippen molar-refractivity contribution in [2.24, 2.45) is 0 Å². The third-order valence-electron chi connectivity index (χ3n) is 2.37.